The highest BCUT2D eigenvalue weighted by atomic mass is 16.6. The van der Waals surface area contributed by atoms with Gasteiger partial charge in [0.2, 0.25) is 0 Å². The van der Waals surface area contributed by atoms with Gasteiger partial charge in [0.1, 0.15) is 6.61 Å². The van der Waals surface area contributed by atoms with Gasteiger partial charge in [-0.25, -0.2) is 4.79 Å². The molecule has 0 aliphatic heterocycles. The van der Waals surface area contributed by atoms with Crippen molar-refractivity contribution in [3.63, 3.8) is 0 Å². The third-order valence-electron chi connectivity index (χ3n) is 4.54. The molecule has 0 saturated heterocycles. The first kappa shape index (κ1) is 20.6. The van der Waals surface area contributed by atoms with E-state index in [2.05, 4.69) is 12.6 Å². The standard InChI is InChI=1S/C23H19N3O4/c1-16(2)23(27)30-12-11-25-15-19(21-5-3-4-6-22(21)25)13-18(14-24)17-7-9-20(10-8-17)26(28)29/h3-10,13,15H,1,11-12H2,2H3/b18-13+. The number of carbonyl (C=O) groups is 1. The maximum Gasteiger partial charge on any atom is 0.333 e. The van der Waals surface area contributed by atoms with Crippen molar-refractivity contribution in [2.75, 3.05) is 6.61 Å². The number of benzene rings is 2. The van der Waals surface area contributed by atoms with Crippen molar-refractivity contribution in [2.45, 2.75) is 13.5 Å². The van der Waals surface area contributed by atoms with Crippen LogP contribution in [0.25, 0.3) is 22.6 Å². The van der Waals surface area contributed by atoms with E-state index in [9.17, 15) is 20.2 Å². The van der Waals surface area contributed by atoms with Crippen LogP contribution in [-0.4, -0.2) is 22.1 Å². The fraction of sp³-hybridized carbons (Fsp3) is 0.130. The van der Waals surface area contributed by atoms with Gasteiger partial charge in [0, 0.05) is 40.4 Å². The van der Waals surface area contributed by atoms with Gasteiger partial charge in [-0.05, 0) is 36.8 Å². The SMILES string of the molecule is C=C(C)C(=O)OCCn1cc(/C=C(\C#N)c2ccc([N+](=O)[O-])cc2)c2ccccc21. The molecule has 7 heteroatoms. The maximum absolute atomic E-state index is 11.6. The van der Waals surface area contributed by atoms with E-state index >= 15 is 0 Å². The van der Waals surface area contributed by atoms with E-state index in [1.54, 1.807) is 25.1 Å². The van der Waals surface area contributed by atoms with Crippen molar-refractivity contribution in [3.05, 3.63) is 88.1 Å². The molecular formula is C23H19N3O4. The number of hydrogen-bond donors (Lipinski definition) is 0. The number of rotatable bonds is 7. The lowest BCUT2D eigenvalue weighted by atomic mass is 10.0. The second kappa shape index (κ2) is 8.88. The van der Waals surface area contributed by atoms with Gasteiger partial charge in [0.25, 0.3) is 5.69 Å². The van der Waals surface area contributed by atoms with Crippen molar-refractivity contribution in [3.8, 4) is 6.07 Å². The smallest absolute Gasteiger partial charge is 0.333 e. The van der Waals surface area contributed by atoms with E-state index in [-0.39, 0.29) is 12.3 Å². The molecule has 0 N–H and O–H groups in total. The number of fused-ring (bicyclic) bond motifs is 1. The highest BCUT2D eigenvalue weighted by Gasteiger charge is 2.11. The molecule has 0 unspecified atom stereocenters. The highest BCUT2D eigenvalue weighted by molar-refractivity contribution is 5.98. The topological polar surface area (TPSA) is 98.2 Å². The molecule has 3 aromatic rings. The molecule has 1 aromatic heterocycles. The zero-order chi connectivity index (χ0) is 21.7. The Balaban J connectivity index is 1.93. The quantitative estimate of drug-likeness (QED) is 0.187. The molecular weight excluding hydrogens is 382 g/mol. The van der Waals surface area contributed by atoms with Crippen LogP contribution in [0.1, 0.15) is 18.1 Å². The normalized spacial score (nSPS) is 11.1. The monoisotopic (exact) mass is 401 g/mol. The minimum atomic E-state index is -0.478. The molecule has 0 bridgehead atoms. The Hall–Kier alpha value is -4.18. The zero-order valence-electron chi connectivity index (χ0n) is 16.4. The summed E-state index contributed by atoms with van der Waals surface area (Å²) in [5.74, 6) is -0.434. The van der Waals surface area contributed by atoms with Crippen LogP contribution in [0.4, 0.5) is 5.69 Å². The van der Waals surface area contributed by atoms with Gasteiger partial charge >= 0.3 is 5.97 Å². The molecule has 0 fully saturated rings. The van der Waals surface area contributed by atoms with Crippen LogP contribution < -0.4 is 0 Å². The van der Waals surface area contributed by atoms with Crippen LogP contribution in [0.15, 0.2) is 66.9 Å². The maximum atomic E-state index is 11.6. The summed E-state index contributed by atoms with van der Waals surface area (Å²) >= 11 is 0. The van der Waals surface area contributed by atoms with Crippen molar-refractivity contribution in [1.29, 1.82) is 5.26 Å². The zero-order valence-corrected chi connectivity index (χ0v) is 16.4. The van der Waals surface area contributed by atoms with Crippen LogP contribution in [0, 0.1) is 21.4 Å². The number of nitro groups is 1. The third-order valence-corrected chi connectivity index (χ3v) is 4.54. The van der Waals surface area contributed by atoms with Crippen LogP contribution in [-0.2, 0) is 16.1 Å². The summed E-state index contributed by atoms with van der Waals surface area (Å²) in [4.78, 5) is 22.0. The average Bonchev–Trinajstić information content (AvgIpc) is 3.09. The molecule has 3 rings (SSSR count). The van der Waals surface area contributed by atoms with Crippen molar-refractivity contribution >= 4 is 34.2 Å². The predicted molar refractivity (Wildman–Crippen MR) is 114 cm³/mol. The molecule has 30 heavy (non-hydrogen) atoms. The van der Waals surface area contributed by atoms with E-state index in [1.807, 2.05) is 35.0 Å². The largest absolute Gasteiger partial charge is 0.460 e. The number of carbonyl (C=O) groups excluding carboxylic acids is 1. The lowest BCUT2D eigenvalue weighted by molar-refractivity contribution is -0.384. The number of ether oxygens (including phenoxy) is 1. The Morgan fingerprint density at radius 2 is 1.97 bits per heavy atom. The minimum Gasteiger partial charge on any atom is -0.460 e. The van der Waals surface area contributed by atoms with Gasteiger partial charge in [0.05, 0.1) is 23.1 Å². The molecule has 0 spiro atoms. The predicted octanol–water partition coefficient (Wildman–Crippen LogP) is 4.73. The molecule has 0 aliphatic carbocycles. The van der Waals surface area contributed by atoms with Gasteiger partial charge in [-0.15, -0.1) is 0 Å². The highest BCUT2D eigenvalue weighted by Crippen LogP contribution is 2.27. The Bertz CT molecular complexity index is 1200. The van der Waals surface area contributed by atoms with E-state index in [0.29, 0.717) is 23.3 Å². The number of nitriles is 1. The Morgan fingerprint density at radius 3 is 2.60 bits per heavy atom. The van der Waals surface area contributed by atoms with Crippen LogP contribution >= 0.6 is 0 Å². The average molecular weight is 401 g/mol. The van der Waals surface area contributed by atoms with Crippen LogP contribution in [0.5, 0.6) is 0 Å². The molecule has 7 nitrogen and oxygen atoms in total. The second-order valence-electron chi connectivity index (χ2n) is 6.69. The van der Waals surface area contributed by atoms with Gasteiger partial charge < -0.3 is 9.30 Å². The molecule has 2 aromatic carbocycles. The Kier molecular flexibility index (Phi) is 6.08. The Labute approximate surface area is 173 Å². The molecule has 0 radical (unpaired) electrons. The lowest BCUT2D eigenvalue weighted by Crippen LogP contribution is -2.11. The molecule has 0 aliphatic rings. The number of nitro benzene ring substituents is 1. The van der Waals surface area contributed by atoms with Crippen molar-refractivity contribution < 1.29 is 14.5 Å². The van der Waals surface area contributed by atoms with E-state index < -0.39 is 10.9 Å². The third kappa shape index (κ3) is 4.45. The number of para-hydroxylation sites is 1. The van der Waals surface area contributed by atoms with E-state index in [1.165, 1.54) is 12.1 Å². The number of hydrogen-bond acceptors (Lipinski definition) is 5. The van der Waals surface area contributed by atoms with Crippen molar-refractivity contribution in [1.82, 2.24) is 4.57 Å². The first-order chi connectivity index (χ1) is 14.4. The molecule has 150 valence electrons. The Morgan fingerprint density at radius 1 is 1.27 bits per heavy atom. The lowest BCUT2D eigenvalue weighted by Gasteiger charge is -2.06. The van der Waals surface area contributed by atoms with Gasteiger partial charge in [-0.3, -0.25) is 10.1 Å². The first-order valence-electron chi connectivity index (χ1n) is 9.18. The molecule has 0 saturated carbocycles. The number of aromatic nitrogens is 1. The van der Waals surface area contributed by atoms with Gasteiger partial charge in [-0.2, -0.15) is 5.26 Å². The van der Waals surface area contributed by atoms with Crippen molar-refractivity contribution in [2.24, 2.45) is 0 Å². The fourth-order valence-corrected chi connectivity index (χ4v) is 3.03. The second-order valence-corrected chi connectivity index (χ2v) is 6.69. The summed E-state index contributed by atoms with van der Waals surface area (Å²) in [7, 11) is 0. The summed E-state index contributed by atoms with van der Waals surface area (Å²) in [5, 5.41) is 21.4. The molecule has 1 heterocycles. The number of non-ortho nitro benzene ring substituents is 1. The van der Waals surface area contributed by atoms with Crippen LogP contribution in [0.3, 0.4) is 0 Å². The summed E-state index contributed by atoms with van der Waals surface area (Å²) in [6.45, 7) is 5.81. The summed E-state index contributed by atoms with van der Waals surface area (Å²) < 4.78 is 7.14. The van der Waals surface area contributed by atoms with E-state index in [0.717, 1.165) is 16.5 Å². The van der Waals surface area contributed by atoms with Gasteiger partial charge in [0.15, 0.2) is 0 Å². The summed E-state index contributed by atoms with van der Waals surface area (Å²) in [5.41, 5.74) is 3.06. The summed E-state index contributed by atoms with van der Waals surface area (Å²) in [6, 6.07) is 15.7. The minimum absolute atomic E-state index is 0.0306. The number of allylic oxidation sites excluding steroid dienone is 1. The summed E-state index contributed by atoms with van der Waals surface area (Å²) in [6.07, 6.45) is 3.64. The molecule has 0 atom stereocenters. The molecule has 0 amide bonds. The first-order valence-corrected chi connectivity index (χ1v) is 9.18. The number of esters is 1. The van der Waals surface area contributed by atoms with Crippen LogP contribution in [0.2, 0.25) is 0 Å². The number of nitrogens with zero attached hydrogens (tertiary/aromatic N) is 3. The van der Waals surface area contributed by atoms with Gasteiger partial charge in [-0.1, -0.05) is 24.8 Å². The fourth-order valence-electron chi connectivity index (χ4n) is 3.03. The van der Waals surface area contributed by atoms with E-state index in [4.69, 9.17) is 4.74 Å².